The van der Waals surface area contributed by atoms with Crippen LogP contribution in [0.15, 0.2) is 22.9 Å². The van der Waals surface area contributed by atoms with Gasteiger partial charge < -0.3 is 13.7 Å². The van der Waals surface area contributed by atoms with Gasteiger partial charge in [-0.2, -0.15) is 0 Å². The average Bonchev–Trinajstić information content (AvgIpc) is 3.27. The van der Waals surface area contributed by atoms with Gasteiger partial charge in [0.05, 0.1) is 5.60 Å². The molecule has 1 aliphatic heterocycles. The molecule has 0 amide bonds. The summed E-state index contributed by atoms with van der Waals surface area (Å²) in [5, 5.41) is 1.03. The van der Waals surface area contributed by atoms with Crippen molar-refractivity contribution in [1.82, 2.24) is 9.22 Å². The van der Waals surface area contributed by atoms with E-state index in [0.717, 1.165) is 59.8 Å². The highest BCUT2D eigenvalue weighted by atomic mass is 79.9. The van der Waals surface area contributed by atoms with E-state index >= 15 is 0 Å². The van der Waals surface area contributed by atoms with E-state index in [9.17, 15) is 4.79 Å². The predicted molar refractivity (Wildman–Crippen MR) is 163 cm³/mol. The maximum atomic E-state index is 14.6. The summed E-state index contributed by atoms with van der Waals surface area (Å²) in [7, 11) is -1.99. The van der Waals surface area contributed by atoms with Crippen LogP contribution in [0.5, 0.6) is 0 Å². The van der Waals surface area contributed by atoms with Crippen LogP contribution in [-0.2, 0) is 9.47 Å². The SMILES string of the molecule is CC(C)[Si](C(C)C)(C(C)C)n1ccc2c(C(=O)C3C4CC5C[C@@H]3CC(OC3CCCCO3)(C5)C4)c(Br)cnc21. The van der Waals surface area contributed by atoms with Crippen molar-refractivity contribution >= 4 is 41.0 Å². The number of halogens is 1. The van der Waals surface area contributed by atoms with Gasteiger partial charge in [-0.25, -0.2) is 4.98 Å². The maximum Gasteiger partial charge on any atom is 0.171 e. The molecule has 1 saturated heterocycles. The largest absolute Gasteiger partial charge is 0.359 e. The minimum Gasteiger partial charge on any atom is -0.359 e. The van der Waals surface area contributed by atoms with Gasteiger partial charge in [-0.15, -0.1) is 0 Å². The third-order valence-corrected chi connectivity index (χ3v) is 18.5. The molecule has 4 saturated carbocycles. The Morgan fingerprint density at radius 2 is 1.74 bits per heavy atom. The highest BCUT2D eigenvalue weighted by molar-refractivity contribution is 9.10. The molecule has 0 aromatic carbocycles. The Kier molecular flexibility index (Phi) is 7.47. The van der Waals surface area contributed by atoms with Crippen molar-refractivity contribution in [2.24, 2.45) is 23.7 Å². The van der Waals surface area contributed by atoms with Crippen LogP contribution in [0, 0.1) is 23.7 Å². The Morgan fingerprint density at radius 1 is 1.08 bits per heavy atom. The molecule has 3 heterocycles. The molecule has 0 spiro atoms. The van der Waals surface area contributed by atoms with E-state index in [4.69, 9.17) is 14.5 Å². The van der Waals surface area contributed by atoms with Gasteiger partial charge in [0.25, 0.3) is 0 Å². The summed E-state index contributed by atoms with van der Waals surface area (Å²) in [6.45, 7) is 15.1. The number of carbonyl (C=O) groups is 1. The Balaban J connectivity index is 1.35. The zero-order valence-corrected chi connectivity index (χ0v) is 27.3. The maximum absolute atomic E-state index is 14.6. The highest BCUT2D eigenvalue weighted by Gasteiger charge is 2.59. The molecule has 2 aromatic rings. The number of fused-ring (bicyclic) bond motifs is 1. The number of hydrogen-bond acceptors (Lipinski definition) is 4. The topological polar surface area (TPSA) is 53.4 Å². The van der Waals surface area contributed by atoms with Crippen LogP contribution in [0.4, 0.5) is 0 Å². The Hall–Kier alpha value is -1.02. The molecule has 7 rings (SSSR count). The summed E-state index contributed by atoms with van der Waals surface area (Å²) in [4.78, 5) is 19.6. The molecular weight excluding hydrogens is 568 g/mol. The Morgan fingerprint density at radius 3 is 2.33 bits per heavy atom. The fraction of sp³-hybridized carbons (Fsp3) is 0.750. The lowest BCUT2D eigenvalue weighted by Gasteiger charge is -2.59. The zero-order chi connectivity index (χ0) is 27.7. The quantitative estimate of drug-likeness (QED) is 0.220. The van der Waals surface area contributed by atoms with E-state index in [1.807, 2.05) is 6.20 Å². The number of aromatic nitrogens is 2. The van der Waals surface area contributed by atoms with Crippen molar-refractivity contribution in [3.05, 3.63) is 28.5 Å². The lowest BCUT2D eigenvalue weighted by Crippen LogP contribution is -2.58. The molecule has 5 unspecified atom stereocenters. The first-order chi connectivity index (χ1) is 18.6. The summed E-state index contributed by atoms with van der Waals surface area (Å²) in [6.07, 6.45) is 13.0. The second-order valence-electron chi connectivity index (χ2n) is 14.2. The first-order valence-electron chi connectivity index (χ1n) is 15.6. The van der Waals surface area contributed by atoms with E-state index in [1.54, 1.807) is 0 Å². The molecule has 5 nitrogen and oxygen atoms in total. The summed E-state index contributed by atoms with van der Waals surface area (Å²) in [6, 6.07) is 2.19. The molecule has 5 aliphatic rings. The third-order valence-electron chi connectivity index (χ3n) is 11.1. The van der Waals surface area contributed by atoms with Crippen LogP contribution in [0.25, 0.3) is 11.0 Å². The number of nitrogens with zero attached hydrogens (tertiary/aromatic N) is 2. The number of hydrogen-bond donors (Lipinski definition) is 0. The Labute approximate surface area is 244 Å². The zero-order valence-electron chi connectivity index (χ0n) is 24.7. The van der Waals surface area contributed by atoms with E-state index in [-0.39, 0.29) is 17.8 Å². The average molecular weight is 616 g/mol. The molecule has 4 bridgehead atoms. The van der Waals surface area contributed by atoms with Gasteiger partial charge in [-0.1, -0.05) is 41.5 Å². The van der Waals surface area contributed by atoms with E-state index in [1.165, 1.54) is 19.3 Å². The van der Waals surface area contributed by atoms with E-state index in [2.05, 4.69) is 74.0 Å². The van der Waals surface area contributed by atoms with Gasteiger partial charge in [0, 0.05) is 34.1 Å². The number of ether oxygens (including phenoxy) is 2. The lowest BCUT2D eigenvalue weighted by molar-refractivity contribution is -0.269. The minimum atomic E-state index is -1.99. The molecule has 214 valence electrons. The third kappa shape index (κ3) is 4.44. The molecule has 5 fully saturated rings. The second-order valence-corrected chi connectivity index (χ2v) is 20.8. The number of Topliss-reactive ketones (excluding diaryl/α,β-unsaturated/α-hetero) is 1. The molecule has 0 N–H and O–H groups in total. The van der Waals surface area contributed by atoms with Crippen LogP contribution in [0.2, 0.25) is 16.6 Å². The van der Waals surface area contributed by atoms with Crippen LogP contribution in [-0.4, -0.2) is 41.7 Å². The number of ketones is 1. The molecule has 2 aromatic heterocycles. The Bertz CT molecular complexity index is 1200. The normalized spacial score (nSPS) is 32.7. The van der Waals surface area contributed by atoms with Gasteiger partial charge in [0.15, 0.2) is 20.3 Å². The van der Waals surface area contributed by atoms with Crippen LogP contribution in [0.3, 0.4) is 0 Å². The molecule has 39 heavy (non-hydrogen) atoms. The van der Waals surface area contributed by atoms with Gasteiger partial charge in [0.2, 0.25) is 0 Å². The summed E-state index contributed by atoms with van der Waals surface area (Å²) in [5.74, 6) is 1.90. The van der Waals surface area contributed by atoms with Crippen molar-refractivity contribution in [2.75, 3.05) is 6.61 Å². The van der Waals surface area contributed by atoms with Crippen LogP contribution >= 0.6 is 15.9 Å². The summed E-state index contributed by atoms with van der Waals surface area (Å²) < 4.78 is 16.2. The number of pyridine rings is 1. The van der Waals surface area contributed by atoms with Crippen molar-refractivity contribution in [1.29, 1.82) is 0 Å². The van der Waals surface area contributed by atoms with Gasteiger partial charge in [0.1, 0.15) is 5.65 Å². The predicted octanol–water partition coefficient (Wildman–Crippen LogP) is 8.74. The van der Waals surface area contributed by atoms with Gasteiger partial charge in [-0.3, -0.25) is 4.79 Å². The van der Waals surface area contributed by atoms with Crippen LogP contribution in [0.1, 0.15) is 103 Å². The second kappa shape index (κ2) is 10.4. The molecule has 7 heteroatoms. The molecule has 0 radical (unpaired) electrons. The van der Waals surface area contributed by atoms with E-state index in [0.29, 0.717) is 40.2 Å². The van der Waals surface area contributed by atoms with Crippen molar-refractivity contribution in [3.63, 3.8) is 0 Å². The standard InChI is InChI=1S/C32H47BrN2O3Si/c1-19(2)39(20(3)4,21(5)6)35-11-10-25-29(26(33)18-34-31(25)35)30(36)28-23-13-22-14-24(28)17-32(15-22,16-23)38-27-9-7-8-12-37-27/h10-11,18-24,27-28H,7-9,12-17H2,1-6H3/t22?,23-,24?,27?,28?,32?/m1/s1. The van der Waals surface area contributed by atoms with Gasteiger partial charge in [-0.05, 0) is 114 Å². The van der Waals surface area contributed by atoms with Gasteiger partial charge >= 0.3 is 0 Å². The van der Waals surface area contributed by atoms with E-state index < -0.39 is 8.24 Å². The smallest absolute Gasteiger partial charge is 0.171 e. The first-order valence-corrected chi connectivity index (χ1v) is 18.5. The highest BCUT2D eigenvalue weighted by Crippen LogP contribution is 2.61. The molecule has 6 atom stereocenters. The minimum absolute atomic E-state index is 0.0508. The van der Waals surface area contributed by atoms with Crippen molar-refractivity contribution in [3.8, 4) is 0 Å². The van der Waals surface area contributed by atoms with Crippen molar-refractivity contribution < 1.29 is 14.3 Å². The molecular formula is C32H47BrN2O3Si. The summed E-state index contributed by atoms with van der Waals surface area (Å²) in [5.41, 5.74) is 3.47. The monoisotopic (exact) mass is 614 g/mol. The lowest BCUT2D eigenvalue weighted by atomic mass is 9.49. The summed E-state index contributed by atoms with van der Waals surface area (Å²) >= 11 is 3.79. The first kappa shape index (κ1) is 28.1. The molecule has 4 aliphatic carbocycles. The number of rotatable bonds is 8. The fourth-order valence-corrected chi connectivity index (χ4v) is 17.3. The fourth-order valence-electron chi connectivity index (χ4n) is 10.2. The van der Waals surface area contributed by atoms with Crippen molar-refractivity contribution in [2.45, 2.75) is 121 Å². The van der Waals surface area contributed by atoms with Crippen LogP contribution < -0.4 is 0 Å². The number of carbonyl (C=O) groups excluding carboxylic acids is 1.